The molecular formula is C26H24FNO4. The summed E-state index contributed by atoms with van der Waals surface area (Å²) >= 11 is 0. The highest BCUT2D eigenvalue weighted by molar-refractivity contribution is 5.99. The number of methoxy groups -OCH3 is 2. The Hall–Kier alpha value is -3.64. The topological polar surface area (TPSA) is 60.7 Å². The molecule has 5 nitrogen and oxygen atoms in total. The van der Waals surface area contributed by atoms with Crippen LogP contribution in [0, 0.1) is 5.82 Å². The van der Waals surface area contributed by atoms with Gasteiger partial charge in [-0.15, -0.1) is 0 Å². The van der Waals surface area contributed by atoms with E-state index in [-0.39, 0.29) is 30.1 Å². The second-order valence-electron chi connectivity index (χ2n) is 7.47. The van der Waals surface area contributed by atoms with Crippen molar-refractivity contribution >= 4 is 16.9 Å². The quantitative estimate of drug-likeness (QED) is 0.402. The van der Waals surface area contributed by atoms with E-state index in [0.29, 0.717) is 17.6 Å². The van der Waals surface area contributed by atoms with Gasteiger partial charge in [0.25, 0.3) is 5.91 Å². The van der Waals surface area contributed by atoms with Crippen LogP contribution in [-0.2, 0) is 17.8 Å². The maximum Gasteiger partial charge on any atom is 0.287 e. The first kappa shape index (κ1) is 21.6. The lowest BCUT2D eigenvalue weighted by molar-refractivity contribution is 0.0904. The van der Waals surface area contributed by atoms with E-state index in [0.717, 1.165) is 22.3 Å². The number of para-hydroxylation sites is 1. The minimum atomic E-state index is -0.359. The van der Waals surface area contributed by atoms with Crippen molar-refractivity contribution < 1.29 is 23.1 Å². The molecule has 0 aliphatic rings. The van der Waals surface area contributed by atoms with Crippen molar-refractivity contribution in [2.45, 2.75) is 19.1 Å². The molecule has 1 atom stereocenters. The molecule has 0 fully saturated rings. The number of benzene rings is 3. The van der Waals surface area contributed by atoms with Crippen LogP contribution in [0.3, 0.4) is 0 Å². The molecule has 1 heterocycles. The molecule has 164 valence electrons. The summed E-state index contributed by atoms with van der Waals surface area (Å²) in [5.41, 5.74) is 3.13. The first-order valence-corrected chi connectivity index (χ1v) is 10.3. The normalized spacial score (nSPS) is 12.0. The van der Waals surface area contributed by atoms with Crippen LogP contribution in [-0.4, -0.2) is 20.1 Å². The van der Waals surface area contributed by atoms with E-state index < -0.39 is 0 Å². The molecule has 3 aromatic carbocycles. The second-order valence-corrected chi connectivity index (χ2v) is 7.47. The zero-order chi connectivity index (χ0) is 22.5. The molecule has 1 unspecified atom stereocenters. The van der Waals surface area contributed by atoms with E-state index in [1.165, 1.54) is 12.1 Å². The van der Waals surface area contributed by atoms with E-state index in [9.17, 15) is 9.18 Å². The van der Waals surface area contributed by atoms with Crippen molar-refractivity contribution in [3.05, 3.63) is 101 Å². The number of halogens is 1. The Morgan fingerprint density at radius 2 is 1.72 bits per heavy atom. The molecule has 0 saturated heterocycles. The molecule has 0 bridgehead atoms. The minimum absolute atomic E-state index is 0.227. The summed E-state index contributed by atoms with van der Waals surface area (Å²) in [4.78, 5) is 13.3. The highest BCUT2D eigenvalue weighted by Gasteiger charge is 2.24. The first-order chi connectivity index (χ1) is 15.6. The summed E-state index contributed by atoms with van der Waals surface area (Å²) in [5, 5.41) is 3.93. The van der Waals surface area contributed by atoms with Crippen LogP contribution < -0.4 is 10.1 Å². The molecule has 1 amide bonds. The van der Waals surface area contributed by atoms with Gasteiger partial charge < -0.3 is 19.2 Å². The van der Waals surface area contributed by atoms with Crippen LogP contribution in [0.1, 0.15) is 33.3 Å². The standard InChI is InChI=1S/C26H24FNO4/c1-30-16-22-21-5-3-4-6-24(21)32-25(22)26(29)28-23(15-17-7-11-19(27)12-8-17)18-9-13-20(31-2)14-10-18/h3-14,23H,15-16H2,1-2H3,(H,28,29). The summed E-state index contributed by atoms with van der Waals surface area (Å²) in [7, 11) is 3.18. The summed E-state index contributed by atoms with van der Waals surface area (Å²) in [6.45, 7) is 0.255. The van der Waals surface area contributed by atoms with Gasteiger partial charge in [0.15, 0.2) is 5.76 Å². The number of rotatable bonds is 8. The zero-order valence-corrected chi connectivity index (χ0v) is 17.9. The van der Waals surface area contributed by atoms with Crippen LogP contribution in [0.2, 0.25) is 0 Å². The highest BCUT2D eigenvalue weighted by Crippen LogP contribution is 2.28. The predicted octanol–water partition coefficient (Wildman–Crippen LogP) is 5.44. The lowest BCUT2D eigenvalue weighted by Gasteiger charge is -2.20. The molecule has 0 aliphatic heterocycles. The fourth-order valence-electron chi connectivity index (χ4n) is 3.74. The molecule has 0 aliphatic carbocycles. The molecule has 4 rings (SSSR count). The largest absolute Gasteiger partial charge is 0.497 e. The van der Waals surface area contributed by atoms with Gasteiger partial charge in [0.1, 0.15) is 17.1 Å². The maximum atomic E-state index is 13.4. The van der Waals surface area contributed by atoms with Crippen molar-refractivity contribution in [3.63, 3.8) is 0 Å². The third kappa shape index (κ3) is 4.65. The Labute approximate surface area is 185 Å². The van der Waals surface area contributed by atoms with Crippen LogP contribution in [0.4, 0.5) is 4.39 Å². The molecular weight excluding hydrogens is 409 g/mol. The van der Waals surface area contributed by atoms with Crippen LogP contribution in [0.5, 0.6) is 5.75 Å². The number of nitrogens with one attached hydrogen (secondary N) is 1. The number of carbonyl (C=O) groups excluding carboxylic acids is 1. The van der Waals surface area contributed by atoms with Crippen molar-refractivity contribution in [1.82, 2.24) is 5.32 Å². The number of carbonyl (C=O) groups is 1. The van der Waals surface area contributed by atoms with E-state index in [1.807, 2.05) is 48.5 Å². The summed E-state index contributed by atoms with van der Waals surface area (Å²) in [6.07, 6.45) is 0.484. The lowest BCUT2D eigenvalue weighted by Crippen LogP contribution is -2.30. The van der Waals surface area contributed by atoms with Gasteiger partial charge >= 0.3 is 0 Å². The fraction of sp³-hybridized carbons (Fsp3) is 0.192. The van der Waals surface area contributed by atoms with Crippen LogP contribution in [0.15, 0.2) is 77.2 Å². The molecule has 0 radical (unpaired) electrons. The molecule has 6 heteroatoms. The number of furan rings is 1. The third-order valence-electron chi connectivity index (χ3n) is 5.37. The van der Waals surface area contributed by atoms with Gasteiger partial charge in [-0.3, -0.25) is 4.79 Å². The highest BCUT2D eigenvalue weighted by atomic mass is 19.1. The van der Waals surface area contributed by atoms with Gasteiger partial charge in [0.2, 0.25) is 0 Å². The predicted molar refractivity (Wildman–Crippen MR) is 120 cm³/mol. The Kier molecular flexibility index (Phi) is 6.52. The average Bonchev–Trinajstić information content (AvgIpc) is 3.19. The number of amides is 1. The fourth-order valence-corrected chi connectivity index (χ4v) is 3.74. The van der Waals surface area contributed by atoms with Gasteiger partial charge in [0, 0.05) is 18.1 Å². The van der Waals surface area contributed by atoms with Crippen LogP contribution in [0.25, 0.3) is 11.0 Å². The minimum Gasteiger partial charge on any atom is -0.497 e. The maximum absolute atomic E-state index is 13.4. The molecule has 32 heavy (non-hydrogen) atoms. The smallest absolute Gasteiger partial charge is 0.287 e. The van der Waals surface area contributed by atoms with Crippen molar-refractivity contribution in [2.24, 2.45) is 0 Å². The number of hydrogen-bond acceptors (Lipinski definition) is 4. The Morgan fingerprint density at radius 1 is 1.00 bits per heavy atom. The van der Waals surface area contributed by atoms with Gasteiger partial charge in [0.05, 0.1) is 19.8 Å². The van der Waals surface area contributed by atoms with Crippen LogP contribution >= 0.6 is 0 Å². The Morgan fingerprint density at radius 3 is 2.41 bits per heavy atom. The molecule has 1 aromatic heterocycles. The first-order valence-electron chi connectivity index (χ1n) is 10.3. The summed E-state index contributed by atoms with van der Waals surface area (Å²) < 4.78 is 29.8. The Balaban J connectivity index is 1.66. The summed E-state index contributed by atoms with van der Waals surface area (Å²) in [5.74, 6) is 0.312. The SMILES string of the molecule is COCc1c(C(=O)NC(Cc2ccc(F)cc2)c2ccc(OC)cc2)oc2ccccc12. The third-order valence-corrected chi connectivity index (χ3v) is 5.37. The van der Waals surface area contributed by atoms with E-state index in [2.05, 4.69) is 5.32 Å². The van der Waals surface area contributed by atoms with Gasteiger partial charge in [-0.2, -0.15) is 0 Å². The Bertz CT molecular complexity index is 1200. The summed E-state index contributed by atoms with van der Waals surface area (Å²) in [6, 6.07) is 20.9. The van der Waals surface area contributed by atoms with Crippen molar-refractivity contribution in [3.8, 4) is 5.75 Å². The lowest BCUT2D eigenvalue weighted by atomic mass is 9.98. The van der Waals surface area contributed by atoms with E-state index >= 15 is 0 Å². The van der Waals surface area contributed by atoms with Crippen molar-refractivity contribution in [2.75, 3.05) is 14.2 Å². The number of fused-ring (bicyclic) bond motifs is 1. The zero-order valence-electron chi connectivity index (χ0n) is 17.9. The van der Waals surface area contributed by atoms with Gasteiger partial charge in [-0.1, -0.05) is 42.5 Å². The molecule has 0 spiro atoms. The second kappa shape index (κ2) is 9.66. The molecule has 0 saturated carbocycles. The number of hydrogen-bond donors (Lipinski definition) is 1. The molecule has 1 N–H and O–H groups in total. The van der Waals surface area contributed by atoms with E-state index in [4.69, 9.17) is 13.9 Å². The monoisotopic (exact) mass is 433 g/mol. The molecule has 4 aromatic rings. The van der Waals surface area contributed by atoms with E-state index in [1.54, 1.807) is 26.4 Å². The van der Waals surface area contributed by atoms with Crippen molar-refractivity contribution in [1.29, 1.82) is 0 Å². The average molecular weight is 433 g/mol. The van der Waals surface area contributed by atoms with Gasteiger partial charge in [-0.05, 0) is 47.9 Å². The van der Waals surface area contributed by atoms with Gasteiger partial charge in [-0.25, -0.2) is 4.39 Å². The number of ether oxygens (including phenoxy) is 2.